The van der Waals surface area contributed by atoms with E-state index >= 15 is 0 Å². The number of aryl methyl sites for hydroxylation is 1. The van der Waals surface area contributed by atoms with E-state index in [1.165, 1.54) is 5.56 Å². The number of rotatable bonds is 8. The van der Waals surface area contributed by atoms with E-state index in [0.29, 0.717) is 44.7 Å². The zero-order chi connectivity index (χ0) is 20.5. The number of ketones is 1. The van der Waals surface area contributed by atoms with Crippen LogP contribution in [0.5, 0.6) is 0 Å². The van der Waals surface area contributed by atoms with Crippen LogP contribution in [-0.4, -0.2) is 36.5 Å². The molecule has 1 aliphatic heterocycles. The summed E-state index contributed by atoms with van der Waals surface area (Å²) in [6.07, 6.45) is 4.54. The SMILES string of the molecule is CCOC(=O)N1CCC(C(=O)CCCCc2ccccc2)(c2ccccc2)CC1. The van der Waals surface area contributed by atoms with E-state index in [1.807, 2.05) is 31.2 Å². The van der Waals surface area contributed by atoms with Gasteiger partial charge in [-0.05, 0) is 50.2 Å². The second-order valence-corrected chi connectivity index (χ2v) is 7.75. The summed E-state index contributed by atoms with van der Waals surface area (Å²) < 4.78 is 5.14. The smallest absolute Gasteiger partial charge is 0.409 e. The number of unbranched alkanes of at least 4 members (excludes halogenated alkanes) is 1. The normalized spacial score (nSPS) is 15.7. The number of piperidine rings is 1. The average molecular weight is 394 g/mol. The third-order valence-corrected chi connectivity index (χ3v) is 5.97. The molecule has 0 aromatic heterocycles. The Labute approximate surface area is 173 Å². The van der Waals surface area contributed by atoms with Gasteiger partial charge in [-0.15, -0.1) is 0 Å². The Balaban J connectivity index is 1.63. The van der Waals surface area contributed by atoms with Gasteiger partial charge >= 0.3 is 6.09 Å². The highest BCUT2D eigenvalue weighted by atomic mass is 16.6. The Morgan fingerprint density at radius 1 is 0.931 bits per heavy atom. The van der Waals surface area contributed by atoms with Gasteiger partial charge in [0, 0.05) is 19.5 Å². The van der Waals surface area contributed by atoms with E-state index in [0.717, 1.165) is 24.8 Å². The molecule has 4 heteroatoms. The van der Waals surface area contributed by atoms with E-state index in [-0.39, 0.29) is 6.09 Å². The lowest BCUT2D eigenvalue weighted by Gasteiger charge is -2.40. The summed E-state index contributed by atoms with van der Waals surface area (Å²) in [7, 11) is 0. The molecule has 1 aliphatic rings. The molecule has 2 aromatic rings. The molecular weight excluding hydrogens is 362 g/mol. The van der Waals surface area contributed by atoms with Gasteiger partial charge in [0.05, 0.1) is 12.0 Å². The molecule has 154 valence electrons. The van der Waals surface area contributed by atoms with Crippen LogP contribution in [0, 0.1) is 0 Å². The predicted octanol–water partition coefficient (Wildman–Crippen LogP) is 5.16. The highest BCUT2D eigenvalue weighted by Gasteiger charge is 2.42. The summed E-state index contributed by atoms with van der Waals surface area (Å²) >= 11 is 0. The molecule has 1 saturated heterocycles. The van der Waals surface area contributed by atoms with E-state index in [2.05, 4.69) is 36.4 Å². The van der Waals surface area contributed by atoms with Crippen LogP contribution in [0.25, 0.3) is 0 Å². The third kappa shape index (κ3) is 5.26. The molecule has 0 unspecified atom stereocenters. The highest BCUT2D eigenvalue weighted by Crippen LogP contribution is 2.38. The first-order valence-electron chi connectivity index (χ1n) is 10.7. The predicted molar refractivity (Wildman–Crippen MR) is 115 cm³/mol. The first-order chi connectivity index (χ1) is 14.2. The zero-order valence-corrected chi connectivity index (χ0v) is 17.3. The highest BCUT2D eigenvalue weighted by molar-refractivity contribution is 5.90. The lowest BCUT2D eigenvalue weighted by molar-refractivity contribution is -0.126. The van der Waals surface area contributed by atoms with Crippen molar-refractivity contribution in [1.29, 1.82) is 0 Å². The maximum Gasteiger partial charge on any atom is 0.409 e. The first-order valence-corrected chi connectivity index (χ1v) is 10.7. The first kappa shape index (κ1) is 21.1. The van der Waals surface area contributed by atoms with Crippen LogP contribution in [-0.2, 0) is 21.4 Å². The second-order valence-electron chi connectivity index (χ2n) is 7.75. The fourth-order valence-electron chi connectivity index (χ4n) is 4.27. The van der Waals surface area contributed by atoms with Gasteiger partial charge in [0.1, 0.15) is 5.78 Å². The van der Waals surface area contributed by atoms with Crippen LogP contribution in [0.15, 0.2) is 60.7 Å². The van der Waals surface area contributed by atoms with Crippen molar-refractivity contribution < 1.29 is 14.3 Å². The van der Waals surface area contributed by atoms with Gasteiger partial charge in [0.2, 0.25) is 0 Å². The summed E-state index contributed by atoms with van der Waals surface area (Å²) in [5.41, 5.74) is 1.91. The number of Topliss-reactive ketones (excluding diaryl/α,β-unsaturated/α-hetero) is 1. The van der Waals surface area contributed by atoms with Crippen molar-refractivity contribution in [3.63, 3.8) is 0 Å². The molecule has 2 aromatic carbocycles. The Bertz CT molecular complexity index is 780. The Morgan fingerprint density at radius 3 is 2.17 bits per heavy atom. The minimum atomic E-state index is -0.489. The van der Waals surface area contributed by atoms with Gasteiger partial charge in [-0.2, -0.15) is 0 Å². The lowest BCUT2D eigenvalue weighted by atomic mass is 9.68. The van der Waals surface area contributed by atoms with Gasteiger partial charge in [0.15, 0.2) is 0 Å². The molecule has 0 N–H and O–H groups in total. The van der Waals surface area contributed by atoms with Crippen molar-refractivity contribution in [2.75, 3.05) is 19.7 Å². The number of likely N-dealkylation sites (tertiary alicyclic amines) is 1. The van der Waals surface area contributed by atoms with Crippen LogP contribution in [0.1, 0.15) is 50.2 Å². The fraction of sp³-hybridized carbons (Fsp3) is 0.440. The Morgan fingerprint density at radius 2 is 1.55 bits per heavy atom. The third-order valence-electron chi connectivity index (χ3n) is 5.97. The van der Waals surface area contributed by atoms with Gasteiger partial charge in [-0.3, -0.25) is 4.79 Å². The summed E-state index contributed by atoms with van der Waals surface area (Å²) in [5.74, 6) is 0.306. The number of carbonyl (C=O) groups is 2. The lowest BCUT2D eigenvalue weighted by Crippen LogP contribution is -2.49. The number of amides is 1. The van der Waals surface area contributed by atoms with Gasteiger partial charge in [0.25, 0.3) is 0 Å². The van der Waals surface area contributed by atoms with Gasteiger partial charge in [-0.1, -0.05) is 60.7 Å². The maximum absolute atomic E-state index is 13.4. The van der Waals surface area contributed by atoms with Crippen LogP contribution >= 0.6 is 0 Å². The Kier molecular flexibility index (Phi) is 7.45. The summed E-state index contributed by atoms with van der Waals surface area (Å²) in [6.45, 7) is 3.31. The maximum atomic E-state index is 13.4. The monoisotopic (exact) mass is 393 g/mol. The molecule has 3 rings (SSSR count). The van der Waals surface area contributed by atoms with Crippen LogP contribution in [0.4, 0.5) is 4.79 Å². The fourth-order valence-corrected chi connectivity index (χ4v) is 4.27. The molecule has 0 aliphatic carbocycles. The van der Waals surface area contributed by atoms with Crippen LogP contribution in [0.3, 0.4) is 0 Å². The molecule has 1 amide bonds. The number of hydrogen-bond donors (Lipinski definition) is 0. The van der Waals surface area contributed by atoms with Crippen molar-refractivity contribution in [3.8, 4) is 0 Å². The minimum Gasteiger partial charge on any atom is -0.450 e. The molecule has 1 fully saturated rings. The largest absolute Gasteiger partial charge is 0.450 e. The number of benzene rings is 2. The quantitative estimate of drug-likeness (QED) is 0.582. The minimum absolute atomic E-state index is 0.274. The summed E-state index contributed by atoms with van der Waals surface area (Å²) in [4.78, 5) is 27.2. The summed E-state index contributed by atoms with van der Waals surface area (Å²) in [6, 6.07) is 20.5. The number of nitrogens with zero attached hydrogens (tertiary/aromatic N) is 1. The number of ether oxygens (including phenoxy) is 1. The van der Waals surface area contributed by atoms with Crippen LogP contribution in [0.2, 0.25) is 0 Å². The zero-order valence-electron chi connectivity index (χ0n) is 17.3. The molecule has 0 atom stereocenters. The van der Waals surface area contributed by atoms with E-state index in [1.54, 1.807) is 4.90 Å². The van der Waals surface area contributed by atoms with Crippen molar-refractivity contribution in [1.82, 2.24) is 4.90 Å². The molecule has 0 bridgehead atoms. The Hall–Kier alpha value is -2.62. The number of carbonyl (C=O) groups excluding carboxylic acids is 2. The van der Waals surface area contributed by atoms with Gasteiger partial charge in [-0.25, -0.2) is 4.79 Å². The molecule has 0 spiro atoms. The molecular formula is C25H31NO3. The molecule has 1 heterocycles. The molecule has 0 saturated carbocycles. The van der Waals surface area contributed by atoms with Crippen molar-refractivity contribution >= 4 is 11.9 Å². The van der Waals surface area contributed by atoms with Crippen molar-refractivity contribution in [3.05, 3.63) is 71.8 Å². The standard InChI is InChI=1S/C25H31NO3/c1-2-29-24(28)26-19-17-25(18-20-26,22-14-7-4-8-15-22)23(27)16-10-9-13-21-11-5-3-6-12-21/h3-8,11-12,14-15H,2,9-10,13,16-20H2,1H3. The van der Waals surface area contributed by atoms with E-state index in [9.17, 15) is 9.59 Å². The molecule has 29 heavy (non-hydrogen) atoms. The summed E-state index contributed by atoms with van der Waals surface area (Å²) in [5, 5.41) is 0. The topological polar surface area (TPSA) is 46.6 Å². The van der Waals surface area contributed by atoms with Crippen molar-refractivity contribution in [2.45, 2.75) is 50.9 Å². The van der Waals surface area contributed by atoms with Crippen LogP contribution < -0.4 is 0 Å². The van der Waals surface area contributed by atoms with E-state index in [4.69, 9.17) is 4.74 Å². The molecule has 0 radical (unpaired) electrons. The van der Waals surface area contributed by atoms with Gasteiger partial charge < -0.3 is 9.64 Å². The van der Waals surface area contributed by atoms with Crippen molar-refractivity contribution in [2.24, 2.45) is 0 Å². The van der Waals surface area contributed by atoms with E-state index < -0.39 is 5.41 Å². The second kappa shape index (κ2) is 10.2. The number of hydrogen-bond acceptors (Lipinski definition) is 3. The molecule has 4 nitrogen and oxygen atoms in total. The average Bonchev–Trinajstić information content (AvgIpc) is 2.78.